The van der Waals surface area contributed by atoms with Gasteiger partial charge in [-0.1, -0.05) is 0 Å². The second-order valence-electron chi connectivity index (χ2n) is 5.06. The number of amides is 1. The van der Waals surface area contributed by atoms with E-state index in [2.05, 4.69) is 15.6 Å². The number of aryl methyl sites for hydroxylation is 1. The Morgan fingerprint density at radius 2 is 2.53 bits per heavy atom. The van der Waals surface area contributed by atoms with Gasteiger partial charge in [0, 0.05) is 31.5 Å². The van der Waals surface area contributed by atoms with E-state index in [0.717, 1.165) is 18.7 Å². The molecule has 1 aromatic rings. The highest BCUT2D eigenvalue weighted by molar-refractivity contribution is 5.80. The summed E-state index contributed by atoms with van der Waals surface area (Å²) < 4.78 is 1.93. The van der Waals surface area contributed by atoms with E-state index in [-0.39, 0.29) is 11.8 Å². The van der Waals surface area contributed by atoms with E-state index in [4.69, 9.17) is 0 Å². The van der Waals surface area contributed by atoms with Crippen LogP contribution in [-0.2, 0) is 18.4 Å². The van der Waals surface area contributed by atoms with Gasteiger partial charge in [-0.3, -0.25) is 4.79 Å². The molecule has 0 aromatic carbocycles. The number of nitrogens with one attached hydrogen (secondary N) is 2. The third-order valence-electron chi connectivity index (χ3n) is 3.98. The summed E-state index contributed by atoms with van der Waals surface area (Å²) in [5.41, 5.74) is 0. The lowest BCUT2D eigenvalue weighted by molar-refractivity contribution is -0.125. The topological polar surface area (TPSA) is 59.0 Å². The zero-order valence-electron chi connectivity index (χ0n) is 10.0. The highest BCUT2D eigenvalue weighted by Crippen LogP contribution is 2.33. The minimum atomic E-state index is 0.161. The van der Waals surface area contributed by atoms with Gasteiger partial charge in [0.05, 0.1) is 12.5 Å². The SMILES string of the molecule is Cn1ccnc1CNC(=O)C1CC2CCC1N2. The van der Waals surface area contributed by atoms with Crippen molar-refractivity contribution in [3.63, 3.8) is 0 Å². The molecule has 3 rings (SSSR count). The molecular weight excluding hydrogens is 216 g/mol. The molecule has 3 heterocycles. The number of imidazole rings is 1. The molecule has 3 atom stereocenters. The fourth-order valence-electron chi connectivity index (χ4n) is 2.98. The number of carbonyl (C=O) groups is 1. The van der Waals surface area contributed by atoms with Crippen LogP contribution in [0.1, 0.15) is 25.1 Å². The average Bonchev–Trinajstić information content (AvgIpc) is 3.01. The summed E-state index contributed by atoms with van der Waals surface area (Å²) in [4.78, 5) is 16.2. The fraction of sp³-hybridized carbons (Fsp3) is 0.667. The van der Waals surface area contributed by atoms with Crippen LogP contribution in [0.3, 0.4) is 0 Å². The summed E-state index contributed by atoms with van der Waals surface area (Å²) in [6.07, 6.45) is 7.01. The fourth-order valence-corrected chi connectivity index (χ4v) is 2.98. The maximum absolute atomic E-state index is 12.1. The van der Waals surface area contributed by atoms with Gasteiger partial charge >= 0.3 is 0 Å². The van der Waals surface area contributed by atoms with Crippen LogP contribution in [0.15, 0.2) is 12.4 Å². The maximum atomic E-state index is 12.1. The van der Waals surface area contributed by atoms with E-state index in [0.29, 0.717) is 18.6 Å². The summed E-state index contributed by atoms with van der Waals surface area (Å²) >= 11 is 0. The highest BCUT2D eigenvalue weighted by atomic mass is 16.1. The first-order valence-electron chi connectivity index (χ1n) is 6.24. The van der Waals surface area contributed by atoms with Crippen LogP contribution < -0.4 is 10.6 Å². The number of aromatic nitrogens is 2. The molecule has 2 N–H and O–H groups in total. The third-order valence-corrected chi connectivity index (χ3v) is 3.98. The summed E-state index contributed by atoms with van der Waals surface area (Å²) in [6.45, 7) is 0.524. The summed E-state index contributed by atoms with van der Waals surface area (Å²) in [7, 11) is 1.94. The number of rotatable bonds is 3. The Hall–Kier alpha value is -1.36. The van der Waals surface area contributed by atoms with E-state index in [1.807, 2.05) is 17.8 Å². The van der Waals surface area contributed by atoms with Crippen LogP contribution in [0.4, 0.5) is 0 Å². The number of carbonyl (C=O) groups excluding carboxylic acids is 1. The second kappa shape index (κ2) is 4.14. The van der Waals surface area contributed by atoms with E-state index in [1.54, 1.807) is 6.20 Å². The second-order valence-corrected chi connectivity index (χ2v) is 5.06. The summed E-state index contributed by atoms with van der Waals surface area (Å²) in [5.74, 6) is 1.23. The lowest BCUT2D eigenvalue weighted by Crippen LogP contribution is -2.37. The first-order chi connectivity index (χ1) is 8.24. The zero-order chi connectivity index (χ0) is 11.8. The maximum Gasteiger partial charge on any atom is 0.225 e. The van der Waals surface area contributed by atoms with Crippen molar-refractivity contribution >= 4 is 5.91 Å². The summed E-state index contributed by atoms with van der Waals surface area (Å²) in [6, 6.07) is 0.977. The molecule has 3 unspecified atom stereocenters. The van der Waals surface area contributed by atoms with Gasteiger partial charge in [-0.25, -0.2) is 4.98 Å². The molecule has 0 aliphatic carbocycles. The quantitative estimate of drug-likeness (QED) is 0.784. The van der Waals surface area contributed by atoms with Gasteiger partial charge < -0.3 is 15.2 Å². The van der Waals surface area contributed by atoms with Gasteiger partial charge in [0.25, 0.3) is 0 Å². The smallest absolute Gasteiger partial charge is 0.225 e. The van der Waals surface area contributed by atoms with Crippen LogP contribution in [0.25, 0.3) is 0 Å². The Morgan fingerprint density at radius 1 is 1.65 bits per heavy atom. The Morgan fingerprint density at radius 3 is 3.12 bits per heavy atom. The molecular formula is C12H18N4O. The van der Waals surface area contributed by atoms with Crippen molar-refractivity contribution < 1.29 is 4.79 Å². The first kappa shape index (κ1) is 10.8. The molecule has 1 aromatic heterocycles. The molecule has 1 amide bonds. The van der Waals surface area contributed by atoms with Crippen LogP contribution in [-0.4, -0.2) is 27.5 Å². The van der Waals surface area contributed by atoms with Crippen molar-refractivity contribution in [2.24, 2.45) is 13.0 Å². The molecule has 2 aliphatic rings. The lowest BCUT2D eigenvalue weighted by Gasteiger charge is -2.19. The van der Waals surface area contributed by atoms with Crippen LogP contribution in [0.5, 0.6) is 0 Å². The standard InChI is InChI=1S/C12H18N4O/c1-16-5-4-13-11(16)7-14-12(17)9-6-8-2-3-10(9)15-8/h4-5,8-10,15H,2-3,6-7H2,1H3,(H,14,17). The Labute approximate surface area is 101 Å². The van der Waals surface area contributed by atoms with Gasteiger partial charge in [-0.15, -0.1) is 0 Å². The molecule has 0 spiro atoms. The average molecular weight is 234 g/mol. The molecule has 92 valence electrons. The van der Waals surface area contributed by atoms with Crippen molar-refractivity contribution in [1.82, 2.24) is 20.2 Å². The number of hydrogen-bond donors (Lipinski definition) is 2. The van der Waals surface area contributed by atoms with Crippen molar-refractivity contribution in [1.29, 1.82) is 0 Å². The van der Waals surface area contributed by atoms with Gasteiger partial charge in [-0.05, 0) is 19.3 Å². The Bertz CT molecular complexity index is 428. The van der Waals surface area contributed by atoms with Crippen molar-refractivity contribution in [3.05, 3.63) is 18.2 Å². The van der Waals surface area contributed by atoms with Gasteiger partial charge in [-0.2, -0.15) is 0 Å². The number of nitrogens with zero attached hydrogens (tertiary/aromatic N) is 2. The monoisotopic (exact) mass is 234 g/mol. The lowest BCUT2D eigenvalue weighted by atomic mass is 9.88. The van der Waals surface area contributed by atoms with E-state index < -0.39 is 0 Å². The molecule has 0 saturated carbocycles. The highest BCUT2D eigenvalue weighted by Gasteiger charge is 2.42. The first-order valence-corrected chi connectivity index (χ1v) is 6.24. The van der Waals surface area contributed by atoms with Gasteiger partial charge in [0.15, 0.2) is 0 Å². The number of hydrogen-bond acceptors (Lipinski definition) is 3. The molecule has 2 aliphatic heterocycles. The largest absolute Gasteiger partial charge is 0.349 e. The minimum Gasteiger partial charge on any atom is -0.349 e. The zero-order valence-corrected chi connectivity index (χ0v) is 10.0. The molecule has 0 radical (unpaired) electrons. The molecule has 5 nitrogen and oxygen atoms in total. The van der Waals surface area contributed by atoms with E-state index in [1.165, 1.54) is 6.42 Å². The normalized spacial score (nSPS) is 30.8. The predicted molar refractivity (Wildman–Crippen MR) is 63.1 cm³/mol. The van der Waals surface area contributed by atoms with Crippen LogP contribution >= 0.6 is 0 Å². The van der Waals surface area contributed by atoms with Crippen LogP contribution in [0, 0.1) is 5.92 Å². The molecule has 2 saturated heterocycles. The third kappa shape index (κ3) is 1.95. The van der Waals surface area contributed by atoms with Crippen molar-refractivity contribution in [2.75, 3.05) is 0 Å². The molecule has 2 fully saturated rings. The molecule has 5 heteroatoms. The predicted octanol–water partition coefficient (Wildman–Crippen LogP) is 0.177. The van der Waals surface area contributed by atoms with Gasteiger partial charge in [0.2, 0.25) is 5.91 Å². The Kier molecular flexibility index (Phi) is 2.63. The van der Waals surface area contributed by atoms with Crippen LogP contribution in [0.2, 0.25) is 0 Å². The number of fused-ring (bicyclic) bond motifs is 2. The molecule has 17 heavy (non-hydrogen) atoms. The Balaban J connectivity index is 1.56. The van der Waals surface area contributed by atoms with Crippen molar-refractivity contribution in [2.45, 2.75) is 37.9 Å². The summed E-state index contributed by atoms with van der Waals surface area (Å²) in [5, 5.41) is 6.47. The minimum absolute atomic E-state index is 0.161. The molecule has 2 bridgehead atoms. The van der Waals surface area contributed by atoms with Crippen molar-refractivity contribution in [3.8, 4) is 0 Å². The van der Waals surface area contributed by atoms with E-state index >= 15 is 0 Å². The van der Waals surface area contributed by atoms with Gasteiger partial charge in [0.1, 0.15) is 5.82 Å². The van der Waals surface area contributed by atoms with E-state index in [9.17, 15) is 4.79 Å².